The van der Waals surface area contributed by atoms with Gasteiger partial charge in [-0.3, -0.25) is 0 Å². The summed E-state index contributed by atoms with van der Waals surface area (Å²) < 4.78 is 38.9. The van der Waals surface area contributed by atoms with Crippen molar-refractivity contribution in [2.75, 3.05) is 30.9 Å². The molecule has 23 heavy (non-hydrogen) atoms. The summed E-state index contributed by atoms with van der Waals surface area (Å²) in [6.45, 7) is 2.27. The molecule has 130 valence electrons. The molecule has 2 N–H and O–H groups in total. The van der Waals surface area contributed by atoms with Gasteiger partial charge in [-0.25, -0.2) is 4.98 Å². The van der Waals surface area contributed by atoms with E-state index in [2.05, 4.69) is 15.3 Å². The summed E-state index contributed by atoms with van der Waals surface area (Å²) in [6, 6.07) is 0.919. The average Bonchev–Trinajstić information content (AvgIpc) is 2.47. The number of nitrogens with one attached hydrogen (secondary N) is 1. The molecule has 0 saturated heterocycles. The molecular weight excluding hydrogens is 309 g/mol. The monoisotopic (exact) mass is 332 g/mol. The third kappa shape index (κ3) is 4.25. The molecule has 1 aliphatic rings. The number of halogens is 3. The molecule has 1 aromatic rings. The van der Waals surface area contributed by atoms with Crippen molar-refractivity contribution in [3.8, 4) is 0 Å². The number of aromatic nitrogens is 2. The van der Waals surface area contributed by atoms with Gasteiger partial charge in [-0.1, -0.05) is 19.8 Å². The second-order valence-electron chi connectivity index (χ2n) is 6.60. The lowest BCUT2D eigenvalue weighted by Crippen LogP contribution is -2.41. The Bertz CT molecular complexity index is 550. The highest BCUT2D eigenvalue weighted by atomic mass is 19.4. The van der Waals surface area contributed by atoms with Crippen molar-refractivity contribution in [1.82, 2.24) is 9.97 Å². The lowest BCUT2D eigenvalue weighted by Gasteiger charge is -2.38. The van der Waals surface area contributed by atoms with Gasteiger partial charge in [0.05, 0.1) is 6.10 Å². The third-order valence-electron chi connectivity index (χ3n) is 4.39. The molecule has 1 aromatic heterocycles. The van der Waals surface area contributed by atoms with Crippen LogP contribution in [0, 0.1) is 5.41 Å². The van der Waals surface area contributed by atoms with Gasteiger partial charge in [0.1, 0.15) is 5.82 Å². The minimum atomic E-state index is -4.53. The van der Waals surface area contributed by atoms with Crippen molar-refractivity contribution in [2.45, 2.75) is 44.9 Å². The first-order valence-corrected chi connectivity index (χ1v) is 7.67. The van der Waals surface area contributed by atoms with E-state index >= 15 is 0 Å². The van der Waals surface area contributed by atoms with Gasteiger partial charge >= 0.3 is 6.18 Å². The fourth-order valence-electron chi connectivity index (χ4n) is 2.76. The van der Waals surface area contributed by atoms with Gasteiger partial charge in [-0.15, -0.1) is 0 Å². The smallest absolute Gasteiger partial charge is 0.392 e. The minimum Gasteiger partial charge on any atom is -0.392 e. The second-order valence-corrected chi connectivity index (χ2v) is 6.60. The SMILES string of the molecule is CN(C)c1cc(C(F)(F)F)nc(NCC2(C)CCCCC2O)n1. The molecule has 8 heteroatoms. The molecule has 2 atom stereocenters. The van der Waals surface area contributed by atoms with Crippen LogP contribution in [0.3, 0.4) is 0 Å². The van der Waals surface area contributed by atoms with E-state index < -0.39 is 18.0 Å². The average molecular weight is 332 g/mol. The van der Waals surface area contributed by atoms with Crippen molar-refractivity contribution in [3.63, 3.8) is 0 Å². The summed E-state index contributed by atoms with van der Waals surface area (Å²) in [5, 5.41) is 13.0. The summed E-state index contributed by atoms with van der Waals surface area (Å²) in [7, 11) is 3.25. The predicted molar refractivity (Wildman–Crippen MR) is 82.4 cm³/mol. The van der Waals surface area contributed by atoms with Crippen molar-refractivity contribution < 1.29 is 18.3 Å². The Kier molecular flexibility index (Phi) is 5.03. The van der Waals surface area contributed by atoms with E-state index in [-0.39, 0.29) is 17.2 Å². The number of hydrogen-bond donors (Lipinski definition) is 2. The lowest BCUT2D eigenvalue weighted by atomic mass is 9.73. The van der Waals surface area contributed by atoms with Crippen LogP contribution in [-0.4, -0.2) is 41.8 Å². The molecule has 1 saturated carbocycles. The normalized spacial score (nSPS) is 25.3. The molecule has 2 unspecified atom stereocenters. The number of aliphatic hydroxyl groups is 1. The summed E-state index contributed by atoms with van der Waals surface area (Å²) in [5.41, 5.74) is -1.36. The van der Waals surface area contributed by atoms with E-state index in [1.54, 1.807) is 14.1 Å². The Morgan fingerprint density at radius 3 is 2.61 bits per heavy atom. The Balaban J connectivity index is 2.20. The van der Waals surface area contributed by atoms with E-state index in [1.165, 1.54) is 4.90 Å². The highest BCUT2D eigenvalue weighted by Gasteiger charge is 2.36. The molecule has 0 radical (unpaired) electrons. The zero-order chi connectivity index (χ0) is 17.3. The fourth-order valence-corrected chi connectivity index (χ4v) is 2.76. The van der Waals surface area contributed by atoms with Gasteiger partial charge in [0, 0.05) is 32.1 Å². The van der Waals surface area contributed by atoms with Crippen LogP contribution in [0.15, 0.2) is 6.07 Å². The summed E-state index contributed by atoms with van der Waals surface area (Å²) in [4.78, 5) is 9.18. The summed E-state index contributed by atoms with van der Waals surface area (Å²) >= 11 is 0. The molecule has 0 aliphatic heterocycles. The van der Waals surface area contributed by atoms with Crippen LogP contribution in [0.25, 0.3) is 0 Å². The molecule has 0 spiro atoms. The molecule has 2 rings (SSSR count). The molecule has 1 aliphatic carbocycles. The maximum Gasteiger partial charge on any atom is 0.433 e. The fraction of sp³-hybridized carbons (Fsp3) is 0.733. The Morgan fingerprint density at radius 2 is 2.04 bits per heavy atom. The van der Waals surface area contributed by atoms with E-state index in [0.717, 1.165) is 25.3 Å². The van der Waals surface area contributed by atoms with Crippen LogP contribution in [-0.2, 0) is 6.18 Å². The van der Waals surface area contributed by atoms with Crippen LogP contribution in [0.5, 0.6) is 0 Å². The van der Waals surface area contributed by atoms with Crippen LogP contribution < -0.4 is 10.2 Å². The van der Waals surface area contributed by atoms with Crippen molar-refractivity contribution in [3.05, 3.63) is 11.8 Å². The molecule has 5 nitrogen and oxygen atoms in total. The van der Waals surface area contributed by atoms with Crippen molar-refractivity contribution >= 4 is 11.8 Å². The van der Waals surface area contributed by atoms with E-state index in [4.69, 9.17) is 0 Å². The van der Waals surface area contributed by atoms with Gasteiger partial charge in [0.15, 0.2) is 5.69 Å². The Morgan fingerprint density at radius 1 is 1.35 bits per heavy atom. The summed E-state index contributed by atoms with van der Waals surface area (Å²) in [6.07, 6.45) is -1.49. The first-order chi connectivity index (χ1) is 10.6. The highest BCUT2D eigenvalue weighted by molar-refractivity contribution is 5.44. The molecular formula is C15H23F3N4O. The van der Waals surface area contributed by atoms with Crippen LogP contribution >= 0.6 is 0 Å². The zero-order valence-electron chi connectivity index (χ0n) is 13.6. The van der Waals surface area contributed by atoms with E-state index in [9.17, 15) is 18.3 Å². The van der Waals surface area contributed by atoms with Crippen LogP contribution in [0.1, 0.15) is 38.3 Å². The number of hydrogen-bond acceptors (Lipinski definition) is 5. The highest BCUT2D eigenvalue weighted by Crippen LogP contribution is 2.36. The number of alkyl halides is 3. The molecule has 1 heterocycles. The topological polar surface area (TPSA) is 61.3 Å². The maximum atomic E-state index is 13.0. The van der Waals surface area contributed by atoms with Crippen LogP contribution in [0.2, 0.25) is 0 Å². The maximum absolute atomic E-state index is 13.0. The van der Waals surface area contributed by atoms with Gasteiger partial charge in [0.25, 0.3) is 0 Å². The Labute approximate surface area is 133 Å². The lowest BCUT2D eigenvalue weighted by molar-refractivity contribution is -0.141. The van der Waals surface area contributed by atoms with Gasteiger partial charge < -0.3 is 15.3 Å². The van der Waals surface area contributed by atoms with Crippen molar-refractivity contribution in [1.29, 1.82) is 0 Å². The van der Waals surface area contributed by atoms with Gasteiger partial charge in [0.2, 0.25) is 5.95 Å². The predicted octanol–water partition coefficient (Wildman–Crippen LogP) is 2.91. The third-order valence-corrected chi connectivity index (χ3v) is 4.39. The number of anilines is 2. The largest absolute Gasteiger partial charge is 0.433 e. The minimum absolute atomic E-state index is 0.0671. The second kappa shape index (κ2) is 6.51. The molecule has 1 fully saturated rings. The van der Waals surface area contributed by atoms with Gasteiger partial charge in [-0.2, -0.15) is 18.2 Å². The quantitative estimate of drug-likeness (QED) is 0.888. The zero-order valence-corrected chi connectivity index (χ0v) is 13.6. The summed E-state index contributed by atoms with van der Waals surface area (Å²) in [5.74, 6) is 0.117. The first-order valence-electron chi connectivity index (χ1n) is 7.67. The van der Waals surface area contributed by atoms with Crippen molar-refractivity contribution in [2.24, 2.45) is 5.41 Å². The Hall–Kier alpha value is -1.57. The first kappa shape index (κ1) is 17.8. The number of rotatable bonds is 4. The van der Waals surface area contributed by atoms with Crippen LogP contribution in [0.4, 0.5) is 24.9 Å². The van der Waals surface area contributed by atoms with E-state index in [0.29, 0.717) is 13.0 Å². The molecule has 0 aromatic carbocycles. The molecule has 0 bridgehead atoms. The number of nitrogens with zero attached hydrogens (tertiary/aromatic N) is 3. The van der Waals surface area contributed by atoms with E-state index in [1.807, 2.05) is 6.92 Å². The number of aliphatic hydroxyl groups excluding tert-OH is 1. The molecule has 0 amide bonds. The van der Waals surface area contributed by atoms with Gasteiger partial charge in [-0.05, 0) is 12.8 Å². The standard InChI is InChI=1S/C15H23F3N4O/c1-14(7-5-4-6-11(14)23)9-19-13-20-10(15(16,17)18)8-12(21-13)22(2)3/h8,11,23H,4-7,9H2,1-3H3,(H,19,20,21).